The van der Waals surface area contributed by atoms with E-state index in [9.17, 15) is 9.59 Å². The summed E-state index contributed by atoms with van der Waals surface area (Å²) in [4.78, 5) is 24.2. The van der Waals surface area contributed by atoms with E-state index in [1.54, 1.807) is 24.3 Å². The third-order valence-electron chi connectivity index (χ3n) is 4.67. The Morgan fingerprint density at radius 3 is 1.47 bits per heavy atom. The molecule has 8 nitrogen and oxygen atoms in total. The van der Waals surface area contributed by atoms with Crippen LogP contribution in [-0.2, 0) is 22.7 Å². The van der Waals surface area contributed by atoms with Crippen LogP contribution < -0.4 is 21.3 Å². The molecule has 3 aromatic rings. The Kier molecular flexibility index (Phi) is 10.4. The van der Waals surface area contributed by atoms with Crippen LogP contribution in [0.5, 0.6) is 0 Å². The molecule has 0 radical (unpaired) electrons. The molecular formula is C26H30N4O4. The average Bonchev–Trinajstić information content (AvgIpc) is 2.85. The Morgan fingerprint density at radius 1 is 0.588 bits per heavy atom. The Labute approximate surface area is 199 Å². The first kappa shape index (κ1) is 24.8. The number of carbonyl (C=O) groups excluding carboxylic acids is 2. The van der Waals surface area contributed by atoms with E-state index in [4.69, 9.17) is 9.47 Å². The summed E-state index contributed by atoms with van der Waals surface area (Å²) < 4.78 is 11.1. The van der Waals surface area contributed by atoms with Crippen LogP contribution in [0.2, 0.25) is 0 Å². The van der Waals surface area contributed by atoms with E-state index in [2.05, 4.69) is 21.3 Å². The van der Waals surface area contributed by atoms with E-state index in [0.29, 0.717) is 50.9 Å². The summed E-state index contributed by atoms with van der Waals surface area (Å²) in [6, 6.07) is 25.9. The zero-order valence-corrected chi connectivity index (χ0v) is 19.0. The fourth-order valence-corrected chi connectivity index (χ4v) is 3.03. The Morgan fingerprint density at radius 2 is 1.03 bits per heavy atom. The molecule has 178 valence electrons. The largest absolute Gasteiger partial charge is 0.375 e. The summed E-state index contributed by atoms with van der Waals surface area (Å²) >= 11 is 0. The van der Waals surface area contributed by atoms with Gasteiger partial charge in [0.25, 0.3) is 0 Å². The first-order chi connectivity index (χ1) is 16.7. The number of hydrogen-bond donors (Lipinski definition) is 4. The summed E-state index contributed by atoms with van der Waals surface area (Å²) in [5, 5.41) is 11.0. The lowest BCUT2D eigenvalue weighted by Crippen LogP contribution is -2.32. The topological polar surface area (TPSA) is 101 Å². The van der Waals surface area contributed by atoms with Gasteiger partial charge in [-0.15, -0.1) is 0 Å². The van der Waals surface area contributed by atoms with E-state index in [0.717, 1.165) is 11.1 Å². The van der Waals surface area contributed by atoms with Gasteiger partial charge in [0, 0.05) is 24.5 Å². The lowest BCUT2D eigenvalue weighted by molar-refractivity contribution is 0.124. The third kappa shape index (κ3) is 9.72. The molecule has 0 fully saturated rings. The molecule has 0 aromatic heterocycles. The number of amides is 4. The molecule has 0 saturated heterocycles. The zero-order valence-electron chi connectivity index (χ0n) is 19.0. The van der Waals surface area contributed by atoms with Crippen molar-refractivity contribution in [3.8, 4) is 0 Å². The second kappa shape index (κ2) is 14.3. The van der Waals surface area contributed by atoms with Gasteiger partial charge in [-0.05, 0) is 29.3 Å². The fraction of sp³-hybridized carbons (Fsp3) is 0.231. The number of nitrogens with one attached hydrogen (secondary N) is 4. The van der Waals surface area contributed by atoms with Crippen molar-refractivity contribution in [1.82, 2.24) is 10.6 Å². The van der Waals surface area contributed by atoms with Crippen LogP contribution in [0.3, 0.4) is 0 Å². The molecular weight excluding hydrogens is 432 g/mol. The molecule has 3 rings (SSSR count). The van der Waals surface area contributed by atoms with Crippen molar-refractivity contribution in [1.29, 1.82) is 0 Å². The molecule has 34 heavy (non-hydrogen) atoms. The quantitative estimate of drug-likeness (QED) is 0.300. The van der Waals surface area contributed by atoms with Gasteiger partial charge in [-0.3, -0.25) is 0 Å². The Hall–Kier alpha value is -3.88. The maximum Gasteiger partial charge on any atom is 0.319 e. The molecule has 0 unspecified atom stereocenters. The van der Waals surface area contributed by atoms with Crippen molar-refractivity contribution < 1.29 is 19.1 Å². The smallest absolute Gasteiger partial charge is 0.319 e. The van der Waals surface area contributed by atoms with Crippen molar-refractivity contribution in [2.75, 3.05) is 36.9 Å². The minimum absolute atomic E-state index is 0.347. The summed E-state index contributed by atoms with van der Waals surface area (Å²) in [7, 11) is 0. The summed E-state index contributed by atoms with van der Waals surface area (Å²) in [5.74, 6) is 0. The molecule has 0 aliphatic carbocycles. The zero-order chi connectivity index (χ0) is 23.8. The lowest BCUT2D eigenvalue weighted by atomic mass is 10.2. The standard InChI is InChI=1S/C26H30N4O4/c31-25(27-14-16-33-19-21-8-3-1-4-9-21)29-23-12-7-13-24(18-23)30-26(32)28-15-17-34-20-22-10-5-2-6-11-22/h1-13,18H,14-17,19-20H2,(H2,27,29,31)(H2,28,30,32). The first-order valence-corrected chi connectivity index (χ1v) is 11.1. The van der Waals surface area contributed by atoms with Crippen molar-refractivity contribution in [3.05, 3.63) is 96.1 Å². The van der Waals surface area contributed by atoms with Gasteiger partial charge in [0.2, 0.25) is 0 Å². The van der Waals surface area contributed by atoms with Crippen LogP contribution in [0.25, 0.3) is 0 Å². The van der Waals surface area contributed by atoms with Gasteiger partial charge in [-0.25, -0.2) is 9.59 Å². The van der Waals surface area contributed by atoms with Gasteiger partial charge in [-0.2, -0.15) is 0 Å². The molecule has 0 saturated carbocycles. The molecule has 8 heteroatoms. The summed E-state index contributed by atoms with van der Waals surface area (Å²) in [5.41, 5.74) is 3.29. The number of urea groups is 2. The number of benzene rings is 3. The molecule has 0 atom stereocenters. The molecule has 0 heterocycles. The normalized spacial score (nSPS) is 10.4. The van der Waals surface area contributed by atoms with E-state index in [1.165, 1.54) is 0 Å². The van der Waals surface area contributed by atoms with Gasteiger partial charge >= 0.3 is 12.1 Å². The minimum Gasteiger partial charge on any atom is -0.375 e. The van der Waals surface area contributed by atoms with Gasteiger partial charge in [0.1, 0.15) is 0 Å². The molecule has 0 spiro atoms. The van der Waals surface area contributed by atoms with E-state index < -0.39 is 0 Å². The lowest BCUT2D eigenvalue weighted by Gasteiger charge is -2.11. The Bertz CT molecular complexity index is 937. The van der Waals surface area contributed by atoms with Gasteiger partial charge in [0.05, 0.1) is 26.4 Å². The van der Waals surface area contributed by atoms with E-state index >= 15 is 0 Å². The third-order valence-corrected chi connectivity index (χ3v) is 4.67. The number of hydrogen-bond acceptors (Lipinski definition) is 4. The SMILES string of the molecule is O=C(NCCOCc1ccccc1)Nc1cccc(NC(=O)NCCOCc2ccccc2)c1. The monoisotopic (exact) mass is 462 g/mol. The molecule has 0 aliphatic rings. The second-order valence-corrected chi connectivity index (χ2v) is 7.42. The Balaban J connectivity index is 1.28. The van der Waals surface area contributed by atoms with E-state index in [1.807, 2.05) is 60.7 Å². The summed E-state index contributed by atoms with van der Waals surface area (Å²) in [6.07, 6.45) is 0. The first-order valence-electron chi connectivity index (χ1n) is 11.1. The van der Waals surface area contributed by atoms with Gasteiger partial charge < -0.3 is 30.7 Å². The second-order valence-electron chi connectivity index (χ2n) is 7.42. The van der Waals surface area contributed by atoms with Gasteiger partial charge in [-0.1, -0.05) is 66.7 Å². The van der Waals surface area contributed by atoms with Crippen molar-refractivity contribution in [2.24, 2.45) is 0 Å². The van der Waals surface area contributed by atoms with E-state index in [-0.39, 0.29) is 12.1 Å². The highest BCUT2D eigenvalue weighted by Gasteiger charge is 2.05. The minimum atomic E-state index is -0.347. The predicted molar refractivity (Wildman–Crippen MR) is 133 cm³/mol. The van der Waals surface area contributed by atoms with Crippen LogP contribution in [0, 0.1) is 0 Å². The molecule has 0 bridgehead atoms. The van der Waals surface area contributed by atoms with Crippen LogP contribution in [0.4, 0.5) is 21.0 Å². The van der Waals surface area contributed by atoms with Crippen molar-refractivity contribution in [3.63, 3.8) is 0 Å². The fourth-order valence-electron chi connectivity index (χ4n) is 3.03. The van der Waals surface area contributed by atoms with Crippen LogP contribution in [0.1, 0.15) is 11.1 Å². The number of rotatable bonds is 12. The molecule has 4 N–H and O–H groups in total. The number of anilines is 2. The highest BCUT2D eigenvalue weighted by molar-refractivity contribution is 5.92. The predicted octanol–water partition coefficient (Wildman–Crippen LogP) is 4.36. The van der Waals surface area contributed by atoms with Crippen molar-refractivity contribution in [2.45, 2.75) is 13.2 Å². The van der Waals surface area contributed by atoms with Crippen LogP contribution in [-0.4, -0.2) is 38.4 Å². The highest BCUT2D eigenvalue weighted by atomic mass is 16.5. The molecule has 4 amide bonds. The molecule has 0 aliphatic heterocycles. The highest BCUT2D eigenvalue weighted by Crippen LogP contribution is 2.14. The van der Waals surface area contributed by atoms with Crippen molar-refractivity contribution >= 4 is 23.4 Å². The molecule has 3 aromatic carbocycles. The number of carbonyl (C=O) groups is 2. The average molecular weight is 463 g/mol. The maximum atomic E-state index is 12.1. The maximum absolute atomic E-state index is 12.1. The summed E-state index contributed by atoms with van der Waals surface area (Å²) in [6.45, 7) is 2.56. The van der Waals surface area contributed by atoms with Gasteiger partial charge in [0.15, 0.2) is 0 Å². The van der Waals surface area contributed by atoms with Crippen LogP contribution >= 0.6 is 0 Å². The van der Waals surface area contributed by atoms with Crippen LogP contribution in [0.15, 0.2) is 84.9 Å². The number of ether oxygens (including phenoxy) is 2.